The molecule has 0 aliphatic rings. The molecule has 0 aliphatic carbocycles. The van der Waals surface area contributed by atoms with Crippen LogP contribution in [0.4, 0.5) is 4.79 Å². The number of carboxylic acid groups (broad SMARTS) is 1. The molecule has 7 heteroatoms. The van der Waals surface area contributed by atoms with Crippen LogP contribution in [0.1, 0.15) is 11.6 Å². The van der Waals surface area contributed by atoms with Crippen LogP contribution in [0.2, 0.25) is 0 Å². The minimum atomic E-state index is -1.18. The molecule has 0 spiro atoms. The number of rotatable bonds is 5. The van der Waals surface area contributed by atoms with E-state index in [-0.39, 0.29) is 12.5 Å². The maximum atomic E-state index is 11.6. The van der Waals surface area contributed by atoms with Crippen LogP contribution in [0.25, 0.3) is 0 Å². The average Bonchev–Trinajstić information content (AvgIpc) is 2.42. The Labute approximate surface area is 116 Å². The fourth-order valence-corrected chi connectivity index (χ4v) is 1.43. The van der Waals surface area contributed by atoms with Gasteiger partial charge in [0.15, 0.2) is 6.04 Å². The van der Waals surface area contributed by atoms with E-state index in [1.54, 1.807) is 44.4 Å². The Kier molecular flexibility index (Phi) is 5.52. The highest BCUT2D eigenvalue weighted by atomic mass is 16.4. The number of amides is 3. The number of hydrogen-bond acceptors (Lipinski definition) is 3. The maximum absolute atomic E-state index is 11.6. The summed E-state index contributed by atoms with van der Waals surface area (Å²) in [5.74, 6) is -1.46. The standard InChI is InChI=1S/C13H17N3O4/c1-16(2)10(17)8-14-13(20)15-11(12(18)19)9-6-4-3-5-7-9/h3-7,11H,8H2,1-2H3,(H,18,19)(H2,14,15,20)/t11-/m1/s1. The van der Waals surface area contributed by atoms with Crippen molar-refractivity contribution < 1.29 is 19.5 Å². The molecule has 0 bridgehead atoms. The number of hydrogen-bond donors (Lipinski definition) is 3. The summed E-state index contributed by atoms with van der Waals surface area (Å²) in [5, 5.41) is 13.7. The van der Waals surface area contributed by atoms with Crippen molar-refractivity contribution >= 4 is 17.9 Å². The van der Waals surface area contributed by atoms with Gasteiger partial charge >= 0.3 is 12.0 Å². The van der Waals surface area contributed by atoms with E-state index in [0.29, 0.717) is 5.56 Å². The molecule has 1 atom stereocenters. The van der Waals surface area contributed by atoms with Gasteiger partial charge in [0.05, 0.1) is 6.54 Å². The first kappa shape index (κ1) is 15.5. The van der Waals surface area contributed by atoms with Gasteiger partial charge in [0.1, 0.15) is 0 Å². The maximum Gasteiger partial charge on any atom is 0.330 e. The van der Waals surface area contributed by atoms with Crippen molar-refractivity contribution in [1.29, 1.82) is 0 Å². The van der Waals surface area contributed by atoms with Gasteiger partial charge in [0.25, 0.3) is 0 Å². The second-order valence-corrected chi connectivity index (χ2v) is 4.30. The van der Waals surface area contributed by atoms with Crippen molar-refractivity contribution in [3.8, 4) is 0 Å². The molecule has 0 aromatic heterocycles. The van der Waals surface area contributed by atoms with E-state index in [2.05, 4.69) is 10.6 Å². The van der Waals surface area contributed by atoms with Crippen LogP contribution in [-0.2, 0) is 9.59 Å². The summed E-state index contributed by atoms with van der Waals surface area (Å²) in [6.07, 6.45) is 0. The molecule has 3 N–H and O–H groups in total. The highest BCUT2D eigenvalue weighted by Gasteiger charge is 2.21. The molecule has 0 aliphatic heterocycles. The molecule has 0 unspecified atom stereocenters. The zero-order valence-corrected chi connectivity index (χ0v) is 11.3. The van der Waals surface area contributed by atoms with Gasteiger partial charge < -0.3 is 20.6 Å². The van der Waals surface area contributed by atoms with Crippen molar-refractivity contribution in [2.75, 3.05) is 20.6 Å². The van der Waals surface area contributed by atoms with E-state index in [1.807, 2.05) is 0 Å². The van der Waals surface area contributed by atoms with E-state index >= 15 is 0 Å². The number of nitrogens with zero attached hydrogens (tertiary/aromatic N) is 1. The Morgan fingerprint density at radius 1 is 1.20 bits per heavy atom. The van der Waals surface area contributed by atoms with Gasteiger partial charge in [0, 0.05) is 14.1 Å². The van der Waals surface area contributed by atoms with E-state index in [4.69, 9.17) is 5.11 Å². The molecule has 1 aromatic carbocycles. The molecule has 3 amide bonds. The first-order valence-electron chi connectivity index (χ1n) is 5.94. The number of urea groups is 1. The van der Waals surface area contributed by atoms with Crippen molar-refractivity contribution in [3.63, 3.8) is 0 Å². The molecular formula is C13H17N3O4. The van der Waals surface area contributed by atoms with Gasteiger partial charge in [-0.25, -0.2) is 9.59 Å². The van der Waals surface area contributed by atoms with Crippen molar-refractivity contribution in [1.82, 2.24) is 15.5 Å². The number of nitrogens with one attached hydrogen (secondary N) is 2. The molecular weight excluding hydrogens is 262 g/mol. The molecule has 0 saturated carbocycles. The third-order valence-electron chi connectivity index (χ3n) is 2.55. The monoisotopic (exact) mass is 279 g/mol. The summed E-state index contributed by atoms with van der Waals surface area (Å²) in [7, 11) is 3.12. The Morgan fingerprint density at radius 3 is 2.30 bits per heavy atom. The highest BCUT2D eigenvalue weighted by Crippen LogP contribution is 2.12. The predicted molar refractivity (Wildman–Crippen MR) is 72.0 cm³/mol. The minimum absolute atomic E-state index is 0.194. The van der Waals surface area contributed by atoms with Crippen LogP contribution in [0.15, 0.2) is 30.3 Å². The number of carboxylic acids is 1. The van der Waals surface area contributed by atoms with Crippen molar-refractivity contribution in [2.24, 2.45) is 0 Å². The number of carbonyl (C=O) groups excluding carboxylic acids is 2. The van der Waals surface area contributed by atoms with Gasteiger partial charge in [-0.1, -0.05) is 30.3 Å². The molecule has 0 radical (unpaired) electrons. The normalized spacial score (nSPS) is 11.3. The van der Waals surface area contributed by atoms with Crippen LogP contribution in [-0.4, -0.2) is 48.6 Å². The average molecular weight is 279 g/mol. The zero-order chi connectivity index (χ0) is 15.1. The lowest BCUT2D eigenvalue weighted by Gasteiger charge is -2.16. The van der Waals surface area contributed by atoms with Crippen LogP contribution >= 0.6 is 0 Å². The fraction of sp³-hybridized carbons (Fsp3) is 0.308. The molecule has 0 saturated heterocycles. The molecule has 0 heterocycles. The highest BCUT2D eigenvalue weighted by molar-refractivity contribution is 5.86. The lowest BCUT2D eigenvalue weighted by molar-refractivity contribution is -0.139. The van der Waals surface area contributed by atoms with Gasteiger partial charge in [-0.15, -0.1) is 0 Å². The van der Waals surface area contributed by atoms with Crippen molar-refractivity contribution in [2.45, 2.75) is 6.04 Å². The summed E-state index contributed by atoms with van der Waals surface area (Å²) >= 11 is 0. The smallest absolute Gasteiger partial charge is 0.330 e. The lowest BCUT2D eigenvalue weighted by atomic mass is 10.1. The number of likely N-dealkylation sites (N-methyl/N-ethyl adjacent to an activating group) is 1. The quantitative estimate of drug-likeness (QED) is 0.717. The first-order chi connectivity index (χ1) is 9.41. The Hall–Kier alpha value is -2.57. The summed E-state index contributed by atoms with van der Waals surface area (Å²) < 4.78 is 0. The molecule has 1 aromatic rings. The summed E-state index contributed by atoms with van der Waals surface area (Å²) in [5.41, 5.74) is 0.453. The zero-order valence-electron chi connectivity index (χ0n) is 11.3. The van der Waals surface area contributed by atoms with E-state index in [1.165, 1.54) is 4.90 Å². The van der Waals surface area contributed by atoms with Crippen LogP contribution in [0.3, 0.4) is 0 Å². The third kappa shape index (κ3) is 4.60. The molecule has 7 nitrogen and oxygen atoms in total. The minimum Gasteiger partial charge on any atom is -0.479 e. The second kappa shape index (κ2) is 7.13. The number of carbonyl (C=O) groups is 3. The molecule has 1 rings (SSSR count). The number of benzene rings is 1. The Bertz CT molecular complexity index is 488. The van der Waals surface area contributed by atoms with Crippen LogP contribution in [0.5, 0.6) is 0 Å². The predicted octanol–water partition coefficient (Wildman–Crippen LogP) is 0.200. The topological polar surface area (TPSA) is 98.7 Å². The van der Waals surface area contributed by atoms with Crippen LogP contribution in [0, 0.1) is 0 Å². The number of aliphatic carboxylic acids is 1. The summed E-state index contributed by atoms with van der Waals surface area (Å²) in [4.78, 5) is 35.4. The second-order valence-electron chi connectivity index (χ2n) is 4.30. The lowest BCUT2D eigenvalue weighted by Crippen LogP contribution is -2.44. The fourth-order valence-electron chi connectivity index (χ4n) is 1.43. The SMILES string of the molecule is CN(C)C(=O)CNC(=O)N[C@@H](C(=O)O)c1ccccc1. The van der Waals surface area contributed by atoms with Gasteiger partial charge in [0.2, 0.25) is 5.91 Å². The van der Waals surface area contributed by atoms with E-state index in [0.717, 1.165) is 0 Å². The first-order valence-corrected chi connectivity index (χ1v) is 5.94. The summed E-state index contributed by atoms with van der Waals surface area (Å²) in [6.45, 7) is -0.194. The van der Waals surface area contributed by atoms with E-state index in [9.17, 15) is 14.4 Å². The molecule has 20 heavy (non-hydrogen) atoms. The van der Waals surface area contributed by atoms with E-state index < -0.39 is 18.0 Å². The summed E-state index contributed by atoms with van der Waals surface area (Å²) in [6, 6.07) is 6.44. The Balaban J connectivity index is 2.61. The van der Waals surface area contributed by atoms with Gasteiger partial charge in [-0.2, -0.15) is 0 Å². The van der Waals surface area contributed by atoms with Crippen molar-refractivity contribution in [3.05, 3.63) is 35.9 Å². The van der Waals surface area contributed by atoms with Crippen LogP contribution < -0.4 is 10.6 Å². The third-order valence-corrected chi connectivity index (χ3v) is 2.55. The molecule has 0 fully saturated rings. The molecule has 108 valence electrons. The van der Waals surface area contributed by atoms with Gasteiger partial charge in [-0.3, -0.25) is 4.79 Å². The largest absolute Gasteiger partial charge is 0.479 e. The Morgan fingerprint density at radius 2 is 1.80 bits per heavy atom. The van der Waals surface area contributed by atoms with Gasteiger partial charge in [-0.05, 0) is 5.56 Å².